The maximum absolute atomic E-state index is 13.2. The van der Waals surface area contributed by atoms with E-state index >= 15 is 0 Å². The van der Waals surface area contributed by atoms with Gasteiger partial charge in [0.05, 0.1) is 29.9 Å². The number of hydrogen-bond donors (Lipinski definition) is 2. The highest BCUT2D eigenvalue weighted by Crippen LogP contribution is 2.41. The van der Waals surface area contributed by atoms with Crippen molar-refractivity contribution in [3.05, 3.63) is 24.3 Å². The molecule has 3 N–H and O–H groups in total. The first kappa shape index (κ1) is 35.6. The molecule has 0 radical (unpaired) electrons. The van der Waals surface area contributed by atoms with Gasteiger partial charge < -0.3 is 14.8 Å². The molecule has 9 nitrogen and oxygen atoms in total. The van der Waals surface area contributed by atoms with Crippen LogP contribution in [0.25, 0.3) is 0 Å². The largest absolute Gasteiger partial charge is 0.469 e. The third kappa shape index (κ3) is 12.0. The van der Waals surface area contributed by atoms with Crippen LogP contribution in [0.15, 0.2) is 29.2 Å². The smallest absolute Gasteiger partial charge is 0.311 e. The number of esters is 2. The molecule has 2 atom stereocenters. The molecule has 1 amide bonds. The molecule has 0 aromatic heterocycles. The van der Waals surface area contributed by atoms with E-state index in [1.807, 2.05) is 6.92 Å². The lowest BCUT2D eigenvalue weighted by Gasteiger charge is -2.36. The number of primary sulfonamides is 1. The summed E-state index contributed by atoms with van der Waals surface area (Å²) in [5.41, 5.74) is -1.76. The number of methoxy groups -OCH3 is 1. The Kier molecular flexibility index (Phi) is 14.9. The number of ether oxygens (including phenoxy) is 2. The number of unbranched alkanes of at least 4 members (excludes halogenated alkanes) is 7. The van der Waals surface area contributed by atoms with E-state index in [-0.39, 0.29) is 29.6 Å². The predicted octanol–water partition coefficient (Wildman–Crippen LogP) is 5.97. The van der Waals surface area contributed by atoms with Crippen LogP contribution in [0.3, 0.4) is 0 Å². The Hall–Kier alpha value is -2.46. The second-order valence-electron chi connectivity index (χ2n) is 11.6. The summed E-state index contributed by atoms with van der Waals surface area (Å²) in [6.07, 6.45) is 9.99. The van der Waals surface area contributed by atoms with Crippen LogP contribution in [-0.4, -0.2) is 40.0 Å². The van der Waals surface area contributed by atoms with Gasteiger partial charge in [0.25, 0.3) is 0 Å². The minimum absolute atomic E-state index is 0.0667. The number of benzene rings is 1. The lowest BCUT2D eigenvalue weighted by Crippen LogP contribution is -2.42. The molecule has 1 aromatic carbocycles. The van der Waals surface area contributed by atoms with Crippen molar-refractivity contribution in [3.63, 3.8) is 0 Å². The number of sulfonamides is 1. The van der Waals surface area contributed by atoms with E-state index in [0.29, 0.717) is 18.7 Å². The van der Waals surface area contributed by atoms with Gasteiger partial charge in [0, 0.05) is 11.1 Å². The van der Waals surface area contributed by atoms with Crippen LogP contribution < -0.4 is 10.5 Å². The number of carbonyl (C=O) groups excluding carboxylic acids is 3. The quantitative estimate of drug-likeness (QED) is 0.151. The number of amides is 1. The van der Waals surface area contributed by atoms with Gasteiger partial charge in [0.15, 0.2) is 0 Å². The predicted molar refractivity (Wildman–Crippen MR) is 157 cm³/mol. The van der Waals surface area contributed by atoms with Crippen LogP contribution in [0.5, 0.6) is 0 Å². The van der Waals surface area contributed by atoms with E-state index in [1.165, 1.54) is 63.5 Å². The molecule has 10 heteroatoms. The molecule has 40 heavy (non-hydrogen) atoms. The van der Waals surface area contributed by atoms with Crippen molar-refractivity contribution in [1.29, 1.82) is 0 Å². The first-order valence-electron chi connectivity index (χ1n) is 14.4. The van der Waals surface area contributed by atoms with Gasteiger partial charge in [-0.3, -0.25) is 14.4 Å². The lowest BCUT2D eigenvalue weighted by atomic mass is 9.69. The van der Waals surface area contributed by atoms with Crippen LogP contribution >= 0.6 is 0 Å². The van der Waals surface area contributed by atoms with Crippen molar-refractivity contribution >= 4 is 33.6 Å². The zero-order chi connectivity index (χ0) is 30.4. The van der Waals surface area contributed by atoms with E-state index in [0.717, 1.165) is 19.3 Å². The van der Waals surface area contributed by atoms with Crippen molar-refractivity contribution in [2.45, 2.75) is 110 Å². The van der Waals surface area contributed by atoms with Gasteiger partial charge in [0.1, 0.15) is 0 Å². The average Bonchev–Trinajstić information content (AvgIpc) is 2.89. The molecule has 0 saturated carbocycles. The van der Waals surface area contributed by atoms with Crippen LogP contribution in [0, 0.1) is 16.7 Å². The van der Waals surface area contributed by atoms with Gasteiger partial charge in [-0.1, -0.05) is 72.6 Å². The fraction of sp³-hybridized carbons (Fsp3) is 0.700. The molecule has 0 bridgehead atoms. The van der Waals surface area contributed by atoms with Crippen LogP contribution in [0.2, 0.25) is 0 Å². The molecule has 0 aliphatic heterocycles. The van der Waals surface area contributed by atoms with E-state index in [2.05, 4.69) is 12.2 Å². The third-order valence-electron chi connectivity index (χ3n) is 7.33. The summed E-state index contributed by atoms with van der Waals surface area (Å²) in [6, 6.07) is 5.51. The Bertz CT molecular complexity index is 1050. The zero-order valence-electron chi connectivity index (χ0n) is 25.2. The Labute approximate surface area is 241 Å². The van der Waals surface area contributed by atoms with Crippen molar-refractivity contribution in [2.75, 3.05) is 19.0 Å². The monoisotopic (exact) mass is 582 g/mol. The summed E-state index contributed by atoms with van der Waals surface area (Å²) in [6.45, 7) is 9.57. The first-order valence-corrected chi connectivity index (χ1v) is 15.9. The lowest BCUT2D eigenvalue weighted by molar-refractivity contribution is -0.159. The highest BCUT2D eigenvalue weighted by molar-refractivity contribution is 7.89. The fourth-order valence-corrected chi connectivity index (χ4v) is 5.54. The number of hydrogen-bond acceptors (Lipinski definition) is 7. The second-order valence-corrected chi connectivity index (χ2v) is 13.1. The van der Waals surface area contributed by atoms with E-state index in [4.69, 9.17) is 14.6 Å². The van der Waals surface area contributed by atoms with Gasteiger partial charge in [-0.15, -0.1) is 0 Å². The maximum Gasteiger partial charge on any atom is 0.311 e. The van der Waals surface area contributed by atoms with Crippen molar-refractivity contribution in [2.24, 2.45) is 21.9 Å². The minimum Gasteiger partial charge on any atom is -0.469 e. The van der Waals surface area contributed by atoms with Gasteiger partial charge in [-0.25, -0.2) is 13.6 Å². The summed E-state index contributed by atoms with van der Waals surface area (Å²) < 4.78 is 33.6. The zero-order valence-corrected chi connectivity index (χ0v) is 26.0. The molecule has 0 fully saturated rings. The highest BCUT2D eigenvalue weighted by Gasteiger charge is 2.45. The molecule has 0 aliphatic carbocycles. The topological polar surface area (TPSA) is 142 Å². The standard InChI is InChI=1S/C30H50N2O7S/c1-7-9-10-11-12-13-14-15-20-39-26(33)23(8-2)21-30(5,28(35)38-6)22-29(3,4)27(34)32-24-16-18-25(19-17-24)40(31,36)37/h16-19,23H,7-15,20-22H2,1-6H3,(H,32,34)(H2,31,36,37). The summed E-state index contributed by atoms with van der Waals surface area (Å²) in [7, 11) is -2.56. The van der Waals surface area contributed by atoms with Crippen LogP contribution in [0.4, 0.5) is 5.69 Å². The van der Waals surface area contributed by atoms with Crippen molar-refractivity contribution in [1.82, 2.24) is 0 Å². The molecule has 0 spiro atoms. The van der Waals surface area contributed by atoms with Gasteiger partial charge >= 0.3 is 11.9 Å². The second kappa shape index (κ2) is 16.7. The maximum atomic E-state index is 13.2. The van der Waals surface area contributed by atoms with Gasteiger partial charge in [-0.2, -0.15) is 0 Å². The number of anilines is 1. The van der Waals surface area contributed by atoms with Crippen molar-refractivity contribution in [3.8, 4) is 0 Å². The van der Waals surface area contributed by atoms with E-state index in [1.54, 1.807) is 20.8 Å². The first-order chi connectivity index (χ1) is 18.7. The SMILES string of the molecule is CCCCCCCCCCOC(=O)C(CC)CC(C)(CC(C)(C)C(=O)Nc1ccc(S(N)(=O)=O)cc1)C(=O)OC. The molecular weight excluding hydrogens is 532 g/mol. The molecule has 0 heterocycles. The molecule has 1 rings (SSSR count). The molecule has 0 saturated heterocycles. The van der Waals surface area contributed by atoms with Crippen LogP contribution in [-0.2, 0) is 33.9 Å². The number of rotatable bonds is 19. The van der Waals surface area contributed by atoms with E-state index < -0.39 is 32.7 Å². The number of nitrogens with two attached hydrogens (primary N) is 1. The van der Waals surface area contributed by atoms with E-state index in [9.17, 15) is 22.8 Å². The molecule has 1 aromatic rings. The fourth-order valence-electron chi connectivity index (χ4n) is 5.02. The van der Waals surface area contributed by atoms with Gasteiger partial charge in [-0.05, 0) is 56.9 Å². The minimum atomic E-state index is -3.85. The average molecular weight is 583 g/mol. The summed E-state index contributed by atoms with van der Waals surface area (Å²) in [5, 5.41) is 7.90. The Morgan fingerprint density at radius 3 is 1.98 bits per heavy atom. The third-order valence-corrected chi connectivity index (χ3v) is 8.26. The van der Waals surface area contributed by atoms with Crippen LogP contribution in [0.1, 0.15) is 105 Å². The van der Waals surface area contributed by atoms with Gasteiger partial charge in [0.2, 0.25) is 15.9 Å². The summed E-state index contributed by atoms with van der Waals surface area (Å²) in [5.74, 6) is -1.71. The Morgan fingerprint density at radius 2 is 1.48 bits per heavy atom. The summed E-state index contributed by atoms with van der Waals surface area (Å²) >= 11 is 0. The molecule has 228 valence electrons. The number of carbonyl (C=O) groups is 3. The summed E-state index contributed by atoms with van der Waals surface area (Å²) in [4.78, 5) is 39.0. The molecular formula is C30H50N2O7S. The number of nitrogens with one attached hydrogen (secondary N) is 1. The Morgan fingerprint density at radius 1 is 0.925 bits per heavy atom. The van der Waals surface area contributed by atoms with Crippen molar-refractivity contribution < 1.29 is 32.3 Å². The Balaban J connectivity index is 2.79. The molecule has 0 aliphatic rings. The molecule has 2 unspecified atom stereocenters. The normalized spacial score (nSPS) is 14.2. The highest BCUT2D eigenvalue weighted by atomic mass is 32.2.